The largest absolute Gasteiger partial charge is 0.480 e. The molecule has 4 nitrogen and oxygen atoms in total. The van der Waals surface area contributed by atoms with E-state index < -0.39 is 5.97 Å². The Bertz CT molecular complexity index is 216. The van der Waals surface area contributed by atoms with Crippen molar-refractivity contribution in [1.82, 2.24) is 5.32 Å². The van der Waals surface area contributed by atoms with Crippen LogP contribution in [0.3, 0.4) is 0 Å². The molecular formula is C9H15NO3S. The second kappa shape index (κ2) is 8.62. The summed E-state index contributed by atoms with van der Waals surface area (Å²) < 4.78 is 0. The van der Waals surface area contributed by atoms with Gasteiger partial charge in [-0.15, -0.1) is 0 Å². The van der Waals surface area contributed by atoms with E-state index in [1.54, 1.807) is 0 Å². The second-order valence-electron chi connectivity index (χ2n) is 2.69. The first kappa shape index (κ1) is 13.0. The second-order valence-corrected chi connectivity index (χ2v) is 3.14. The molecule has 0 rings (SSSR count). The van der Waals surface area contributed by atoms with Gasteiger partial charge in [0.15, 0.2) is 0 Å². The van der Waals surface area contributed by atoms with Crippen LogP contribution in [-0.2, 0) is 9.59 Å². The van der Waals surface area contributed by atoms with Crippen molar-refractivity contribution in [3.8, 4) is 0 Å². The van der Waals surface area contributed by atoms with Crippen molar-refractivity contribution in [3.63, 3.8) is 0 Å². The topological polar surface area (TPSA) is 66.4 Å². The van der Waals surface area contributed by atoms with E-state index >= 15 is 0 Å². The van der Waals surface area contributed by atoms with Crippen LogP contribution in [-0.4, -0.2) is 29.3 Å². The summed E-state index contributed by atoms with van der Waals surface area (Å²) in [6.45, 7) is -0.306. The van der Waals surface area contributed by atoms with E-state index in [0.29, 0.717) is 12.8 Å². The number of rotatable bonds is 7. The molecule has 0 bridgehead atoms. The SMILES string of the molecule is O=C(O)CNC(=O)CC/C=C/CCS. The molecule has 0 saturated carbocycles. The molecule has 0 atom stereocenters. The van der Waals surface area contributed by atoms with Gasteiger partial charge in [-0.05, 0) is 18.6 Å². The van der Waals surface area contributed by atoms with E-state index in [2.05, 4.69) is 17.9 Å². The first-order valence-corrected chi connectivity index (χ1v) is 5.04. The number of amides is 1. The van der Waals surface area contributed by atoms with Gasteiger partial charge in [0.25, 0.3) is 0 Å². The fourth-order valence-corrected chi connectivity index (χ4v) is 0.936. The zero-order valence-corrected chi connectivity index (χ0v) is 8.80. The Morgan fingerprint density at radius 3 is 2.50 bits per heavy atom. The number of allylic oxidation sites excluding steroid dienone is 2. The smallest absolute Gasteiger partial charge is 0.322 e. The van der Waals surface area contributed by atoms with E-state index in [-0.39, 0.29) is 12.5 Å². The van der Waals surface area contributed by atoms with Crippen molar-refractivity contribution in [2.75, 3.05) is 12.3 Å². The zero-order valence-electron chi connectivity index (χ0n) is 7.90. The van der Waals surface area contributed by atoms with Crippen LogP contribution >= 0.6 is 12.6 Å². The van der Waals surface area contributed by atoms with Crippen molar-refractivity contribution in [2.45, 2.75) is 19.3 Å². The highest BCUT2D eigenvalue weighted by atomic mass is 32.1. The molecule has 0 aliphatic rings. The van der Waals surface area contributed by atoms with Crippen LogP contribution in [0.25, 0.3) is 0 Å². The molecular weight excluding hydrogens is 202 g/mol. The lowest BCUT2D eigenvalue weighted by Crippen LogP contribution is -2.28. The number of carbonyl (C=O) groups is 2. The Hall–Kier alpha value is -0.970. The Labute approximate surface area is 88.8 Å². The van der Waals surface area contributed by atoms with Crippen LogP contribution in [0.15, 0.2) is 12.2 Å². The van der Waals surface area contributed by atoms with Crippen LogP contribution in [0, 0.1) is 0 Å². The van der Waals surface area contributed by atoms with Gasteiger partial charge in [0.2, 0.25) is 5.91 Å². The number of nitrogens with one attached hydrogen (secondary N) is 1. The molecule has 0 aromatic heterocycles. The Balaban J connectivity index is 3.40. The molecule has 1 amide bonds. The van der Waals surface area contributed by atoms with Gasteiger partial charge in [-0.3, -0.25) is 9.59 Å². The molecule has 5 heteroatoms. The molecule has 14 heavy (non-hydrogen) atoms. The number of carboxylic acids is 1. The summed E-state index contributed by atoms with van der Waals surface area (Å²) in [7, 11) is 0. The highest BCUT2D eigenvalue weighted by Crippen LogP contribution is 1.93. The molecule has 0 unspecified atom stereocenters. The Morgan fingerprint density at radius 2 is 1.93 bits per heavy atom. The lowest BCUT2D eigenvalue weighted by atomic mass is 10.2. The highest BCUT2D eigenvalue weighted by Gasteiger charge is 2.01. The third-order valence-corrected chi connectivity index (χ3v) is 1.70. The number of carbonyl (C=O) groups excluding carboxylic acids is 1. The van der Waals surface area contributed by atoms with Crippen LogP contribution in [0.4, 0.5) is 0 Å². The van der Waals surface area contributed by atoms with Crippen LogP contribution < -0.4 is 5.32 Å². The number of thiol groups is 1. The Kier molecular flexibility index (Phi) is 8.02. The van der Waals surface area contributed by atoms with Crippen LogP contribution in [0.2, 0.25) is 0 Å². The molecule has 0 saturated heterocycles. The maximum atomic E-state index is 11.0. The van der Waals surface area contributed by atoms with Gasteiger partial charge in [0.05, 0.1) is 0 Å². The number of hydrogen-bond donors (Lipinski definition) is 3. The predicted molar refractivity (Wildman–Crippen MR) is 57.5 cm³/mol. The van der Waals surface area contributed by atoms with E-state index in [1.165, 1.54) is 0 Å². The van der Waals surface area contributed by atoms with Crippen molar-refractivity contribution in [3.05, 3.63) is 12.2 Å². The zero-order chi connectivity index (χ0) is 10.8. The van der Waals surface area contributed by atoms with E-state index in [1.807, 2.05) is 12.2 Å². The minimum absolute atomic E-state index is 0.233. The average molecular weight is 217 g/mol. The summed E-state index contributed by atoms with van der Waals surface area (Å²) in [6.07, 6.45) is 5.71. The summed E-state index contributed by atoms with van der Waals surface area (Å²) in [5.41, 5.74) is 0. The predicted octanol–water partition coefficient (Wildman–Crippen LogP) is 0.843. The van der Waals surface area contributed by atoms with E-state index in [0.717, 1.165) is 12.2 Å². The van der Waals surface area contributed by atoms with Gasteiger partial charge in [0, 0.05) is 6.42 Å². The average Bonchev–Trinajstić information content (AvgIpc) is 2.14. The minimum Gasteiger partial charge on any atom is -0.480 e. The summed E-state index contributed by atoms with van der Waals surface area (Å²) in [6, 6.07) is 0. The molecule has 80 valence electrons. The molecule has 0 spiro atoms. The summed E-state index contributed by atoms with van der Waals surface area (Å²) in [4.78, 5) is 21.0. The molecule has 0 aromatic carbocycles. The molecule has 0 radical (unpaired) electrons. The van der Waals surface area contributed by atoms with Gasteiger partial charge < -0.3 is 10.4 Å². The van der Waals surface area contributed by atoms with Crippen LogP contribution in [0.5, 0.6) is 0 Å². The molecule has 0 aromatic rings. The van der Waals surface area contributed by atoms with E-state index in [9.17, 15) is 9.59 Å². The standard InChI is InChI=1S/C9H15NO3S/c11-8(10-7-9(12)13)5-3-1-2-4-6-14/h1-2,14H,3-7H2,(H,10,11)(H,12,13)/b2-1+. The number of carboxylic acid groups (broad SMARTS) is 1. The Morgan fingerprint density at radius 1 is 1.29 bits per heavy atom. The lowest BCUT2D eigenvalue weighted by Gasteiger charge is -1.99. The maximum absolute atomic E-state index is 11.0. The van der Waals surface area contributed by atoms with Crippen molar-refractivity contribution in [2.24, 2.45) is 0 Å². The lowest BCUT2D eigenvalue weighted by molar-refractivity contribution is -0.137. The van der Waals surface area contributed by atoms with Crippen molar-refractivity contribution < 1.29 is 14.7 Å². The third-order valence-electron chi connectivity index (χ3n) is 1.44. The van der Waals surface area contributed by atoms with Gasteiger partial charge >= 0.3 is 5.97 Å². The van der Waals surface area contributed by atoms with Crippen molar-refractivity contribution in [1.29, 1.82) is 0 Å². The fraction of sp³-hybridized carbons (Fsp3) is 0.556. The molecule has 0 heterocycles. The maximum Gasteiger partial charge on any atom is 0.322 e. The molecule has 0 aliphatic carbocycles. The monoisotopic (exact) mass is 217 g/mol. The minimum atomic E-state index is -1.02. The summed E-state index contributed by atoms with van der Waals surface area (Å²) >= 11 is 4.02. The molecule has 0 aliphatic heterocycles. The van der Waals surface area contributed by atoms with Gasteiger partial charge in [-0.2, -0.15) is 12.6 Å². The first-order chi connectivity index (χ1) is 6.66. The number of aliphatic carboxylic acids is 1. The fourth-order valence-electron chi connectivity index (χ4n) is 0.787. The van der Waals surface area contributed by atoms with E-state index in [4.69, 9.17) is 5.11 Å². The normalized spacial score (nSPS) is 10.4. The number of hydrogen-bond acceptors (Lipinski definition) is 3. The first-order valence-electron chi connectivity index (χ1n) is 4.41. The van der Waals surface area contributed by atoms with Gasteiger partial charge in [-0.1, -0.05) is 12.2 Å². The highest BCUT2D eigenvalue weighted by molar-refractivity contribution is 7.80. The van der Waals surface area contributed by atoms with Crippen molar-refractivity contribution >= 4 is 24.5 Å². The molecule has 2 N–H and O–H groups in total. The van der Waals surface area contributed by atoms with Crippen LogP contribution in [0.1, 0.15) is 19.3 Å². The summed E-state index contributed by atoms with van der Waals surface area (Å²) in [5, 5.41) is 10.6. The quantitative estimate of drug-likeness (QED) is 0.437. The molecule has 0 fully saturated rings. The van der Waals surface area contributed by atoms with Gasteiger partial charge in [0.1, 0.15) is 6.54 Å². The third kappa shape index (κ3) is 9.12. The van der Waals surface area contributed by atoms with Gasteiger partial charge in [-0.25, -0.2) is 0 Å². The summed E-state index contributed by atoms with van der Waals surface area (Å²) in [5.74, 6) is -0.464.